The van der Waals surface area contributed by atoms with Gasteiger partial charge in [0.2, 0.25) is 5.91 Å². The fourth-order valence-corrected chi connectivity index (χ4v) is 3.13. The summed E-state index contributed by atoms with van der Waals surface area (Å²) < 4.78 is 5.59. The first-order valence-electron chi connectivity index (χ1n) is 8.11. The summed E-state index contributed by atoms with van der Waals surface area (Å²) in [4.78, 5) is 16.7. The van der Waals surface area contributed by atoms with Gasteiger partial charge in [0.25, 0.3) is 0 Å². The average Bonchev–Trinajstić information content (AvgIpc) is 2.45. The van der Waals surface area contributed by atoms with Crippen LogP contribution in [0, 0.1) is 0 Å². The lowest BCUT2D eigenvalue weighted by Gasteiger charge is -2.40. The van der Waals surface area contributed by atoms with Crippen LogP contribution >= 0.6 is 0 Å². The predicted octanol–water partition coefficient (Wildman–Crippen LogP) is 2.28. The summed E-state index contributed by atoms with van der Waals surface area (Å²) in [5.41, 5.74) is -0.234. The fourth-order valence-electron chi connectivity index (χ4n) is 3.13. The third kappa shape index (κ3) is 4.74. The van der Waals surface area contributed by atoms with Crippen molar-refractivity contribution in [2.24, 2.45) is 0 Å². The predicted molar refractivity (Wildman–Crippen MR) is 80.7 cm³/mol. The molecule has 4 heteroatoms. The standard InChI is InChI=1S/C16H30N2O2/c1-16(2,3)20-13-15(19)18-11-7-14(8-12-18)17-9-5-4-6-10-17/h14H,4-13H2,1-3H3. The molecule has 4 nitrogen and oxygen atoms in total. The van der Waals surface area contributed by atoms with Crippen molar-refractivity contribution in [3.8, 4) is 0 Å². The van der Waals surface area contributed by atoms with E-state index < -0.39 is 0 Å². The number of hydrogen-bond acceptors (Lipinski definition) is 3. The van der Waals surface area contributed by atoms with E-state index >= 15 is 0 Å². The van der Waals surface area contributed by atoms with Crippen LogP contribution in [0.25, 0.3) is 0 Å². The first-order valence-corrected chi connectivity index (χ1v) is 8.11. The molecule has 2 saturated heterocycles. The number of ether oxygens (including phenoxy) is 1. The van der Waals surface area contributed by atoms with Crippen LogP contribution in [0.15, 0.2) is 0 Å². The number of amides is 1. The van der Waals surface area contributed by atoms with Gasteiger partial charge in [-0.2, -0.15) is 0 Å². The molecule has 0 N–H and O–H groups in total. The summed E-state index contributed by atoms with van der Waals surface area (Å²) in [6.07, 6.45) is 6.33. The molecular formula is C16H30N2O2. The van der Waals surface area contributed by atoms with E-state index in [9.17, 15) is 4.79 Å². The molecule has 20 heavy (non-hydrogen) atoms. The highest BCUT2D eigenvalue weighted by atomic mass is 16.5. The fraction of sp³-hybridized carbons (Fsp3) is 0.938. The van der Waals surface area contributed by atoms with Crippen LogP contribution in [0.3, 0.4) is 0 Å². The molecule has 0 radical (unpaired) electrons. The minimum Gasteiger partial charge on any atom is -0.366 e. The second kappa shape index (κ2) is 6.90. The smallest absolute Gasteiger partial charge is 0.248 e. The van der Waals surface area contributed by atoms with Gasteiger partial charge >= 0.3 is 0 Å². The van der Waals surface area contributed by atoms with Crippen LogP contribution in [0.4, 0.5) is 0 Å². The largest absolute Gasteiger partial charge is 0.366 e. The Kier molecular flexibility index (Phi) is 5.44. The van der Waals surface area contributed by atoms with Gasteiger partial charge in [0, 0.05) is 19.1 Å². The number of piperidine rings is 2. The zero-order chi connectivity index (χ0) is 14.6. The van der Waals surface area contributed by atoms with Crippen LogP contribution in [0.2, 0.25) is 0 Å². The summed E-state index contributed by atoms with van der Waals surface area (Å²) in [5, 5.41) is 0. The van der Waals surface area contributed by atoms with E-state index in [-0.39, 0.29) is 18.1 Å². The minimum absolute atomic E-state index is 0.150. The number of likely N-dealkylation sites (tertiary alicyclic amines) is 2. The molecule has 0 bridgehead atoms. The molecule has 0 atom stereocenters. The second-order valence-corrected chi connectivity index (χ2v) is 7.11. The van der Waals surface area contributed by atoms with Crippen molar-refractivity contribution in [2.75, 3.05) is 32.8 Å². The molecule has 1 amide bonds. The van der Waals surface area contributed by atoms with E-state index in [0.29, 0.717) is 6.04 Å². The maximum absolute atomic E-state index is 12.1. The maximum atomic E-state index is 12.1. The van der Waals surface area contributed by atoms with E-state index in [2.05, 4.69) is 4.90 Å². The summed E-state index contributed by atoms with van der Waals surface area (Å²) in [5.74, 6) is 0.150. The zero-order valence-corrected chi connectivity index (χ0v) is 13.4. The van der Waals surface area contributed by atoms with E-state index in [1.54, 1.807) is 0 Å². The number of hydrogen-bond donors (Lipinski definition) is 0. The van der Waals surface area contributed by atoms with Gasteiger partial charge in [-0.25, -0.2) is 0 Å². The third-order valence-electron chi connectivity index (χ3n) is 4.35. The molecule has 2 rings (SSSR count). The van der Waals surface area contributed by atoms with Crippen molar-refractivity contribution in [2.45, 2.75) is 64.5 Å². The van der Waals surface area contributed by atoms with Crippen molar-refractivity contribution in [1.82, 2.24) is 9.80 Å². The van der Waals surface area contributed by atoms with E-state index in [1.807, 2.05) is 25.7 Å². The summed E-state index contributed by atoms with van der Waals surface area (Å²) >= 11 is 0. The van der Waals surface area contributed by atoms with Gasteiger partial charge in [0.05, 0.1) is 5.60 Å². The lowest BCUT2D eigenvalue weighted by atomic mass is 10.00. The van der Waals surface area contributed by atoms with E-state index in [0.717, 1.165) is 25.9 Å². The third-order valence-corrected chi connectivity index (χ3v) is 4.35. The normalized spacial score (nSPS) is 23.1. The molecule has 0 unspecified atom stereocenters. The van der Waals surface area contributed by atoms with Gasteiger partial charge in [-0.05, 0) is 59.5 Å². The summed E-state index contributed by atoms with van der Waals surface area (Å²) in [6, 6.07) is 0.697. The summed E-state index contributed by atoms with van der Waals surface area (Å²) in [7, 11) is 0. The monoisotopic (exact) mass is 282 g/mol. The lowest BCUT2D eigenvalue weighted by molar-refractivity contribution is -0.142. The highest BCUT2D eigenvalue weighted by Gasteiger charge is 2.28. The Balaban J connectivity index is 1.71. The van der Waals surface area contributed by atoms with Crippen LogP contribution in [0.1, 0.15) is 52.9 Å². The molecule has 0 saturated carbocycles. The molecular weight excluding hydrogens is 252 g/mol. The van der Waals surface area contributed by atoms with Gasteiger partial charge in [-0.1, -0.05) is 6.42 Å². The highest BCUT2D eigenvalue weighted by Crippen LogP contribution is 2.21. The molecule has 0 spiro atoms. The number of carbonyl (C=O) groups is 1. The Morgan fingerprint density at radius 1 is 1.05 bits per heavy atom. The zero-order valence-electron chi connectivity index (χ0n) is 13.4. The molecule has 2 fully saturated rings. The Morgan fingerprint density at radius 2 is 1.65 bits per heavy atom. The Labute approximate surface area is 123 Å². The minimum atomic E-state index is -0.234. The van der Waals surface area contributed by atoms with Crippen molar-refractivity contribution in [3.05, 3.63) is 0 Å². The topological polar surface area (TPSA) is 32.8 Å². The van der Waals surface area contributed by atoms with Gasteiger partial charge in [0.1, 0.15) is 6.61 Å². The Bertz CT molecular complexity index is 311. The number of nitrogens with zero attached hydrogens (tertiary/aromatic N) is 2. The highest BCUT2D eigenvalue weighted by molar-refractivity contribution is 5.77. The van der Waals surface area contributed by atoms with E-state index in [1.165, 1.54) is 32.4 Å². The maximum Gasteiger partial charge on any atom is 0.248 e. The molecule has 0 aliphatic carbocycles. The summed E-state index contributed by atoms with van der Waals surface area (Å²) in [6.45, 7) is 10.5. The molecule has 2 aliphatic rings. The second-order valence-electron chi connectivity index (χ2n) is 7.11. The quantitative estimate of drug-likeness (QED) is 0.796. The van der Waals surface area contributed by atoms with Crippen molar-refractivity contribution in [3.63, 3.8) is 0 Å². The van der Waals surface area contributed by atoms with Gasteiger partial charge < -0.3 is 14.5 Å². The molecule has 2 heterocycles. The Hall–Kier alpha value is -0.610. The lowest BCUT2D eigenvalue weighted by Crippen LogP contribution is -2.49. The van der Waals surface area contributed by atoms with Crippen LogP contribution < -0.4 is 0 Å². The van der Waals surface area contributed by atoms with Crippen molar-refractivity contribution in [1.29, 1.82) is 0 Å². The van der Waals surface area contributed by atoms with Crippen molar-refractivity contribution < 1.29 is 9.53 Å². The number of rotatable bonds is 3. The first kappa shape index (κ1) is 15.8. The van der Waals surface area contributed by atoms with Gasteiger partial charge in [-0.3, -0.25) is 4.79 Å². The van der Waals surface area contributed by atoms with Crippen LogP contribution in [-0.2, 0) is 9.53 Å². The first-order chi connectivity index (χ1) is 9.46. The van der Waals surface area contributed by atoms with Gasteiger partial charge in [-0.15, -0.1) is 0 Å². The van der Waals surface area contributed by atoms with Crippen LogP contribution in [-0.4, -0.2) is 60.1 Å². The Morgan fingerprint density at radius 3 is 2.20 bits per heavy atom. The molecule has 0 aromatic carbocycles. The van der Waals surface area contributed by atoms with E-state index in [4.69, 9.17) is 4.74 Å². The van der Waals surface area contributed by atoms with Gasteiger partial charge in [0.15, 0.2) is 0 Å². The molecule has 0 aromatic rings. The van der Waals surface area contributed by atoms with Crippen molar-refractivity contribution >= 4 is 5.91 Å². The molecule has 116 valence electrons. The molecule has 2 aliphatic heterocycles. The SMILES string of the molecule is CC(C)(C)OCC(=O)N1CCC(N2CCCCC2)CC1. The molecule has 0 aromatic heterocycles. The number of carbonyl (C=O) groups excluding carboxylic acids is 1. The van der Waals surface area contributed by atoms with Crippen LogP contribution in [0.5, 0.6) is 0 Å². The average molecular weight is 282 g/mol.